The molecule has 1 aliphatic carbocycles. The summed E-state index contributed by atoms with van der Waals surface area (Å²) in [5.74, 6) is 0.506. The summed E-state index contributed by atoms with van der Waals surface area (Å²) >= 11 is 5.69. The Kier molecular flexibility index (Phi) is 3.46. The first-order valence-electron chi connectivity index (χ1n) is 5.39. The van der Waals surface area contributed by atoms with Gasteiger partial charge < -0.3 is 16.2 Å². The molecule has 16 heavy (non-hydrogen) atoms. The first-order chi connectivity index (χ1) is 7.66. The van der Waals surface area contributed by atoms with E-state index in [1.807, 2.05) is 0 Å². The fourth-order valence-corrected chi connectivity index (χ4v) is 2.07. The molecule has 0 spiro atoms. The Morgan fingerprint density at radius 1 is 1.44 bits per heavy atom. The fraction of sp³-hybridized carbons (Fsp3) is 0.600. The van der Waals surface area contributed by atoms with Gasteiger partial charge in [0.05, 0.1) is 24.0 Å². The number of rotatable bonds is 2. The van der Waals surface area contributed by atoms with Crippen molar-refractivity contribution < 1.29 is 5.11 Å². The van der Waals surface area contributed by atoms with E-state index in [1.165, 1.54) is 6.20 Å². The molecule has 6 heteroatoms. The Morgan fingerprint density at radius 2 is 2.19 bits per heavy atom. The van der Waals surface area contributed by atoms with Crippen molar-refractivity contribution in [2.24, 2.45) is 0 Å². The van der Waals surface area contributed by atoms with Gasteiger partial charge in [-0.25, -0.2) is 4.98 Å². The van der Waals surface area contributed by atoms with Gasteiger partial charge in [0.1, 0.15) is 0 Å². The number of anilines is 2. The average molecular weight is 243 g/mol. The minimum Gasteiger partial charge on any atom is -0.394 e. The summed E-state index contributed by atoms with van der Waals surface area (Å²) in [5.41, 5.74) is 6.17. The lowest BCUT2D eigenvalue weighted by molar-refractivity contribution is 0.116. The summed E-state index contributed by atoms with van der Waals surface area (Å²) in [4.78, 5) is 7.79. The third-order valence-corrected chi connectivity index (χ3v) is 3.02. The number of hydrogen-bond donors (Lipinski definition) is 3. The van der Waals surface area contributed by atoms with E-state index < -0.39 is 0 Å². The lowest BCUT2D eigenvalue weighted by Crippen LogP contribution is -2.36. The topological polar surface area (TPSA) is 84.1 Å². The SMILES string of the molecule is Nc1cnc(Cl)nc1NC1CCCCC1O. The molecule has 5 nitrogen and oxygen atoms in total. The highest BCUT2D eigenvalue weighted by Gasteiger charge is 2.23. The molecule has 1 aromatic rings. The highest BCUT2D eigenvalue weighted by molar-refractivity contribution is 6.28. The largest absolute Gasteiger partial charge is 0.394 e. The van der Waals surface area contributed by atoms with E-state index in [4.69, 9.17) is 17.3 Å². The summed E-state index contributed by atoms with van der Waals surface area (Å²) < 4.78 is 0. The summed E-state index contributed by atoms with van der Waals surface area (Å²) in [7, 11) is 0. The second kappa shape index (κ2) is 4.84. The van der Waals surface area contributed by atoms with E-state index in [0.717, 1.165) is 25.7 Å². The molecule has 2 unspecified atom stereocenters. The van der Waals surface area contributed by atoms with E-state index in [0.29, 0.717) is 11.5 Å². The number of nitrogens with zero attached hydrogens (tertiary/aromatic N) is 2. The van der Waals surface area contributed by atoms with E-state index in [9.17, 15) is 5.11 Å². The van der Waals surface area contributed by atoms with E-state index in [1.54, 1.807) is 0 Å². The normalized spacial score (nSPS) is 25.4. The first kappa shape index (κ1) is 11.4. The maximum Gasteiger partial charge on any atom is 0.224 e. The number of halogens is 1. The summed E-state index contributed by atoms with van der Waals surface area (Å²) in [5, 5.41) is 13.1. The van der Waals surface area contributed by atoms with E-state index in [-0.39, 0.29) is 17.4 Å². The second-order valence-corrected chi connectivity index (χ2v) is 4.38. The van der Waals surface area contributed by atoms with Crippen molar-refractivity contribution in [2.75, 3.05) is 11.1 Å². The van der Waals surface area contributed by atoms with Crippen molar-refractivity contribution in [3.8, 4) is 0 Å². The zero-order valence-electron chi connectivity index (χ0n) is 8.86. The Balaban J connectivity index is 2.10. The maximum absolute atomic E-state index is 9.81. The second-order valence-electron chi connectivity index (χ2n) is 4.05. The lowest BCUT2D eigenvalue weighted by Gasteiger charge is -2.29. The molecule has 1 heterocycles. The van der Waals surface area contributed by atoms with Gasteiger partial charge in [0.25, 0.3) is 0 Å². The van der Waals surface area contributed by atoms with Gasteiger partial charge >= 0.3 is 0 Å². The molecule has 1 aliphatic rings. The number of nitrogen functional groups attached to an aromatic ring is 1. The molecule has 1 saturated carbocycles. The van der Waals surface area contributed by atoms with Gasteiger partial charge in [-0.15, -0.1) is 0 Å². The van der Waals surface area contributed by atoms with Crippen LogP contribution in [0.5, 0.6) is 0 Å². The van der Waals surface area contributed by atoms with Crippen LogP contribution in [0.15, 0.2) is 6.20 Å². The van der Waals surface area contributed by atoms with Crippen LogP contribution in [0, 0.1) is 0 Å². The van der Waals surface area contributed by atoms with Crippen molar-refractivity contribution in [3.05, 3.63) is 11.5 Å². The number of nitrogens with one attached hydrogen (secondary N) is 1. The van der Waals surface area contributed by atoms with Crippen LogP contribution in [0.1, 0.15) is 25.7 Å². The van der Waals surface area contributed by atoms with Gasteiger partial charge in [-0.1, -0.05) is 12.8 Å². The molecule has 4 N–H and O–H groups in total. The molecule has 1 aromatic heterocycles. The first-order valence-corrected chi connectivity index (χ1v) is 5.77. The molecular weight excluding hydrogens is 228 g/mol. The van der Waals surface area contributed by atoms with Crippen molar-refractivity contribution in [1.29, 1.82) is 0 Å². The van der Waals surface area contributed by atoms with Crippen LogP contribution in [0.4, 0.5) is 11.5 Å². The van der Waals surface area contributed by atoms with Gasteiger partial charge in [0.2, 0.25) is 5.28 Å². The lowest BCUT2D eigenvalue weighted by atomic mass is 9.92. The molecule has 0 aliphatic heterocycles. The highest BCUT2D eigenvalue weighted by atomic mass is 35.5. The monoisotopic (exact) mass is 242 g/mol. The maximum atomic E-state index is 9.81. The molecule has 1 fully saturated rings. The van der Waals surface area contributed by atoms with Gasteiger partial charge in [-0.3, -0.25) is 0 Å². The summed E-state index contributed by atoms with van der Waals surface area (Å²) in [6, 6.07) is 0.00187. The molecule has 0 aromatic carbocycles. The molecule has 0 bridgehead atoms. The molecule has 2 rings (SSSR count). The number of nitrogens with two attached hydrogens (primary N) is 1. The van der Waals surface area contributed by atoms with Crippen LogP contribution >= 0.6 is 11.6 Å². The van der Waals surface area contributed by atoms with Crippen molar-refractivity contribution in [3.63, 3.8) is 0 Å². The van der Waals surface area contributed by atoms with Crippen LogP contribution < -0.4 is 11.1 Å². The number of hydrogen-bond acceptors (Lipinski definition) is 5. The predicted molar refractivity (Wildman–Crippen MR) is 63.3 cm³/mol. The third-order valence-electron chi connectivity index (χ3n) is 2.84. The minimum atomic E-state index is -0.345. The van der Waals surface area contributed by atoms with Crippen LogP contribution in [0.2, 0.25) is 5.28 Å². The number of aliphatic hydroxyl groups excluding tert-OH is 1. The molecule has 0 saturated heterocycles. The van der Waals surface area contributed by atoms with E-state index in [2.05, 4.69) is 15.3 Å². The standard InChI is InChI=1S/C10H15ClN4O/c11-10-13-5-6(12)9(15-10)14-7-3-1-2-4-8(7)16/h5,7-8,16H,1-4,12H2,(H,13,14,15). The van der Waals surface area contributed by atoms with Crippen molar-refractivity contribution in [2.45, 2.75) is 37.8 Å². The number of aliphatic hydroxyl groups is 1. The number of aromatic nitrogens is 2. The zero-order valence-corrected chi connectivity index (χ0v) is 9.61. The Labute approximate surface area is 99.0 Å². The zero-order chi connectivity index (χ0) is 11.5. The van der Waals surface area contributed by atoms with Crippen LogP contribution in [-0.4, -0.2) is 27.2 Å². The van der Waals surface area contributed by atoms with Crippen molar-refractivity contribution >= 4 is 23.1 Å². The minimum absolute atomic E-state index is 0.00187. The van der Waals surface area contributed by atoms with Crippen molar-refractivity contribution in [1.82, 2.24) is 9.97 Å². The molecule has 88 valence electrons. The summed E-state index contributed by atoms with van der Waals surface area (Å²) in [6.45, 7) is 0. The fourth-order valence-electron chi connectivity index (χ4n) is 1.94. The average Bonchev–Trinajstić information content (AvgIpc) is 2.27. The van der Waals surface area contributed by atoms with Gasteiger partial charge in [0.15, 0.2) is 5.82 Å². The van der Waals surface area contributed by atoms with Crippen LogP contribution in [0.25, 0.3) is 0 Å². The molecule has 0 radical (unpaired) electrons. The Hall–Kier alpha value is -1.07. The van der Waals surface area contributed by atoms with Crippen LogP contribution in [0.3, 0.4) is 0 Å². The summed E-state index contributed by atoms with van der Waals surface area (Å²) in [6.07, 6.45) is 5.03. The smallest absolute Gasteiger partial charge is 0.224 e. The molecule has 0 amide bonds. The third kappa shape index (κ3) is 2.54. The highest BCUT2D eigenvalue weighted by Crippen LogP contribution is 2.24. The Morgan fingerprint density at radius 3 is 2.94 bits per heavy atom. The molecular formula is C10H15ClN4O. The van der Waals surface area contributed by atoms with Gasteiger partial charge in [-0.05, 0) is 24.4 Å². The molecule has 2 atom stereocenters. The van der Waals surface area contributed by atoms with E-state index >= 15 is 0 Å². The van der Waals surface area contributed by atoms with Gasteiger partial charge in [-0.2, -0.15) is 4.98 Å². The Bertz CT molecular complexity index is 374. The van der Waals surface area contributed by atoms with Gasteiger partial charge in [0, 0.05) is 0 Å². The quantitative estimate of drug-likeness (QED) is 0.684. The predicted octanol–water partition coefficient (Wildman–Crippen LogP) is 1.43. The van der Waals surface area contributed by atoms with Crippen LogP contribution in [-0.2, 0) is 0 Å².